The highest BCUT2D eigenvalue weighted by molar-refractivity contribution is 5.73. The maximum atomic E-state index is 13.6. The molecule has 3 aromatic rings. The van der Waals surface area contributed by atoms with E-state index in [4.69, 9.17) is 23.7 Å². The molecule has 1 N–H and O–H groups in total. The molecule has 2 atom stereocenters. The highest BCUT2D eigenvalue weighted by Crippen LogP contribution is 2.53. The van der Waals surface area contributed by atoms with Gasteiger partial charge in [0, 0.05) is 16.7 Å². The van der Waals surface area contributed by atoms with Crippen molar-refractivity contribution in [2.45, 2.75) is 65.0 Å². The molecule has 2 heterocycles. The molecule has 8 heteroatoms. The summed E-state index contributed by atoms with van der Waals surface area (Å²) in [5.74, 6) is 1.86. The fourth-order valence-electron chi connectivity index (χ4n) is 5.32. The third-order valence-electron chi connectivity index (χ3n) is 7.07. The molecule has 0 spiro atoms. The van der Waals surface area contributed by atoms with Crippen molar-refractivity contribution < 1.29 is 33.6 Å². The van der Waals surface area contributed by atoms with Gasteiger partial charge in [0.05, 0.1) is 31.9 Å². The average Bonchev–Trinajstić information content (AvgIpc) is 3.43. The SMILES string of the molecule is Cc1c(OCc2ccccc2)c2c(c3c1OCO3)[C@H](COCc1ccccc1)N(C(=O)OC(C)(C)C)C(CO)C2. The van der Waals surface area contributed by atoms with E-state index in [0.29, 0.717) is 36.9 Å². The van der Waals surface area contributed by atoms with Gasteiger partial charge in [-0.2, -0.15) is 0 Å². The number of aliphatic hydroxyl groups excluding tert-OH is 1. The van der Waals surface area contributed by atoms with Crippen LogP contribution >= 0.6 is 0 Å². The standard InChI is InChI=1S/C32H37NO7/c1-21-28(37-18-23-13-9-6-10-14-23)25-15-24(16-34)33(31(35)40-32(2,3)4)26(27(25)30-29(21)38-20-39-30)19-36-17-22-11-7-5-8-12-22/h5-14,24,26,34H,15-20H2,1-4H3/t24?,26-/m0/s1. The first-order chi connectivity index (χ1) is 19.3. The summed E-state index contributed by atoms with van der Waals surface area (Å²) in [5, 5.41) is 10.5. The summed E-state index contributed by atoms with van der Waals surface area (Å²) in [4.78, 5) is 15.2. The highest BCUT2D eigenvalue weighted by atomic mass is 16.7. The first-order valence-corrected chi connectivity index (χ1v) is 13.6. The maximum absolute atomic E-state index is 13.6. The Morgan fingerprint density at radius 3 is 2.23 bits per heavy atom. The van der Waals surface area contributed by atoms with Crippen molar-refractivity contribution in [3.63, 3.8) is 0 Å². The second-order valence-electron chi connectivity index (χ2n) is 11.1. The van der Waals surface area contributed by atoms with Crippen LogP contribution in [-0.4, -0.2) is 47.7 Å². The lowest BCUT2D eigenvalue weighted by Gasteiger charge is -2.43. The Morgan fingerprint density at radius 1 is 0.975 bits per heavy atom. The highest BCUT2D eigenvalue weighted by Gasteiger charge is 2.45. The van der Waals surface area contributed by atoms with Gasteiger partial charge < -0.3 is 28.8 Å². The summed E-state index contributed by atoms with van der Waals surface area (Å²) in [6.45, 7) is 8.13. The quantitative estimate of drug-likeness (QED) is 0.386. The molecule has 40 heavy (non-hydrogen) atoms. The van der Waals surface area contributed by atoms with Gasteiger partial charge in [-0.15, -0.1) is 0 Å². The Hall–Kier alpha value is -3.75. The number of amides is 1. The Morgan fingerprint density at radius 2 is 1.60 bits per heavy atom. The van der Waals surface area contributed by atoms with Crippen LogP contribution in [0.25, 0.3) is 0 Å². The normalized spacial score (nSPS) is 17.9. The summed E-state index contributed by atoms with van der Waals surface area (Å²) in [6, 6.07) is 18.6. The van der Waals surface area contributed by atoms with Crippen LogP contribution in [0.4, 0.5) is 4.79 Å². The number of hydrogen-bond donors (Lipinski definition) is 1. The molecule has 0 aliphatic carbocycles. The second-order valence-corrected chi connectivity index (χ2v) is 11.1. The van der Waals surface area contributed by atoms with Gasteiger partial charge in [-0.05, 0) is 45.2 Å². The topological polar surface area (TPSA) is 86.7 Å². The third-order valence-corrected chi connectivity index (χ3v) is 7.07. The third kappa shape index (κ3) is 5.88. The van der Waals surface area contributed by atoms with Gasteiger partial charge in [0.1, 0.15) is 18.0 Å². The van der Waals surface area contributed by atoms with Gasteiger partial charge in [0.25, 0.3) is 0 Å². The molecule has 0 bridgehead atoms. The number of hydrogen-bond acceptors (Lipinski definition) is 7. The molecule has 0 radical (unpaired) electrons. The zero-order chi connectivity index (χ0) is 28.3. The van der Waals surface area contributed by atoms with Crippen molar-refractivity contribution in [1.82, 2.24) is 4.90 Å². The average molecular weight is 548 g/mol. The van der Waals surface area contributed by atoms with Crippen LogP contribution in [-0.2, 0) is 29.1 Å². The molecule has 3 aromatic carbocycles. The van der Waals surface area contributed by atoms with Gasteiger partial charge in [-0.3, -0.25) is 4.90 Å². The van der Waals surface area contributed by atoms with Crippen LogP contribution in [0.2, 0.25) is 0 Å². The van der Waals surface area contributed by atoms with Crippen LogP contribution in [0.15, 0.2) is 60.7 Å². The zero-order valence-electron chi connectivity index (χ0n) is 23.5. The Kier molecular flexibility index (Phi) is 8.19. The van der Waals surface area contributed by atoms with Crippen LogP contribution in [0.3, 0.4) is 0 Å². The molecule has 1 amide bonds. The molecule has 2 aliphatic rings. The maximum Gasteiger partial charge on any atom is 0.411 e. The van der Waals surface area contributed by atoms with E-state index in [1.165, 1.54) is 0 Å². The number of benzene rings is 3. The number of fused-ring (bicyclic) bond motifs is 3. The van der Waals surface area contributed by atoms with Crippen LogP contribution in [0.5, 0.6) is 17.2 Å². The molecule has 0 aromatic heterocycles. The Balaban J connectivity index is 1.57. The fourth-order valence-corrected chi connectivity index (χ4v) is 5.32. The molecule has 1 unspecified atom stereocenters. The summed E-state index contributed by atoms with van der Waals surface area (Å²) in [6.07, 6.45) is -0.160. The van der Waals surface area contributed by atoms with Gasteiger partial charge >= 0.3 is 6.09 Å². The van der Waals surface area contributed by atoms with E-state index in [2.05, 4.69) is 0 Å². The van der Waals surface area contributed by atoms with E-state index >= 15 is 0 Å². The number of carbonyl (C=O) groups is 1. The fraction of sp³-hybridized carbons (Fsp3) is 0.406. The van der Waals surface area contributed by atoms with E-state index in [0.717, 1.165) is 27.8 Å². The van der Waals surface area contributed by atoms with E-state index in [1.807, 2.05) is 88.4 Å². The van der Waals surface area contributed by atoms with Crippen molar-refractivity contribution in [2.24, 2.45) is 0 Å². The van der Waals surface area contributed by atoms with E-state index in [9.17, 15) is 9.90 Å². The monoisotopic (exact) mass is 547 g/mol. The summed E-state index contributed by atoms with van der Waals surface area (Å²) in [7, 11) is 0. The number of aliphatic hydroxyl groups is 1. The molecular formula is C32H37NO7. The zero-order valence-corrected chi connectivity index (χ0v) is 23.5. The largest absolute Gasteiger partial charge is 0.488 e. The minimum absolute atomic E-state index is 0.0677. The van der Waals surface area contributed by atoms with Gasteiger partial charge in [0.2, 0.25) is 6.79 Å². The van der Waals surface area contributed by atoms with Gasteiger partial charge in [-0.1, -0.05) is 60.7 Å². The van der Waals surface area contributed by atoms with Crippen molar-refractivity contribution >= 4 is 6.09 Å². The van der Waals surface area contributed by atoms with Crippen molar-refractivity contribution in [2.75, 3.05) is 20.0 Å². The van der Waals surface area contributed by atoms with Crippen LogP contribution < -0.4 is 14.2 Å². The predicted octanol–water partition coefficient (Wildman–Crippen LogP) is 5.71. The second kappa shape index (κ2) is 11.8. The van der Waals surface area contributed by atoms with Gasteiger partial charge in [0.15, 0.2) is 11.5 Å². The Labute approximate surface area is 235 Å². The van der Waals surface area contributed by atoms with E-state index < -0.39 is 23.8 Å². The van der Waals surface area contributed by atoms with Crippen molar-refractivity contribution in [3.05, 3.63) is 88.5 Å². The van der Waals surface area contributed by atoms with E-state index in [1.54, 1.807) is 4.90 Å². The summed E-state index contributed by atoms with van der Waals surface area (Å²) >= 11 is 0. The minimum Gasteiger partial charge on any atom is -0.488 e. The molecule has 212 valence electrons. The summed E-state index contributed by atoms with van der Waals surface area (Å²) < 4.78 is 30.4. The minimum atomic E-state index is -0.717. The predicted molar refractivity (Wildman–Crippen MR) is 150 cm³/mol. The molecular weight excluding hydrogens is 510 g/mol. The van der Waals surface area contributed by atoms with Gasteiger partial charge in [-0.25, -0.2) is 4.79 Å². The molecule has 0 saturated heterocycles. The molecule has 8 nitrogen and oxygen atoms in total. The molecule has 5 rings (SSSR count). The molecule has 0 saturated carbocycles. The number of ether oxygens (including phenoxy) is 5. The number of nitrogens with zero attached hydrogens (tertiary/aromatic N) is 1. The first-order valence-electron chi connectivity index (χ1n) is 13.6. The van der Waals surface area contributed by atoms with Crippen molar-refractivity contribution in [1.29, 1.82) is 0 Å². The lowest BCUT2D eigenvalue weighted by Crippen LogP contribution is -2.52. The van der Waals surface area contributed by atoms with Crippen molar-refractivity contribution in [3.8, 4) is 17.2 Å². The lowest BCUT2D eigenvalue weighted by molar-refractivity contribution is -0.0275. The lowest BCUT2D eigenvalue weighted by atomic mass is 9.85. The summed E-state index contributed by atoms with van der Waals surface area (Å²) in [5.41, 5.74) is 3.80. The molecule has 2 aliphatic heterocycles. The smallest absolute Gasteiger partial charge is 0.411 e. The number of carbonyl (C=O) groups excluding carboxylic acids is 1. The Bertz CT molecular complexity index is 1320. The van der Waals surface area contributed by atoms with Crippen LogP contribution in [0.1, 0.15) is 54.6 Å². The van der Waals surface area contributed by atoms with Crippen LogP contribution in [0, 0.1) is 6.92 Å². The first kappa shape index (κ1) is 27.8. The molecule has 0 fully saturated rings. The number of rotatable bonds is 8. The van der Waals surface area contributed by atoms with E-state index in [-0.39, 0.29) is 20.0 Å².